The molecule has 1 amide bonds. The summed E-state index contributed by atoms with van der Waals surface area (Å²) < 4.78 is 0. The number of hydrogen-bond acceptors (Lipinski definition) is 6. The van der Waals surface area contributed by atoms with Gasteiger partial charge in [0.2, 0.25) is 5.95 Å². The van der Waals surface area contributed by atoms with Crippen LogP contribution in [-0.2, 0) is 0 Å². The van der Waals surface area contributed by atoms with Crippen LogP contribution in [-0.4, -0.2) is 60.0 Å². The monoisotopic (exact) mass is 362 g/mol. The second kappa shape index (κ2) is 7.62. The molecule has 0 bridgehead atoms. The number of carbonyl (C=O) groups excluding carboxylic acids is 1. The van der Waals surface area contributed by atoms with E-state index in [2.05, 4.69) is 20.9 Å². The van der Waals surface area contributed by atoms with Crippen LogP contribution < -0.4 is 9.80 Å². The zero-order valence-corrected chi connectivity index (χ0v) is 15.2. The van der Waals surface area contributed by atoms with Gasteiger partial charge in [0.15, 0.2) is 0 Å². The SMILES string of the molecule is N#Cc1ccc(C(=O)N2CCN(c3ccnc(N4CCCC4)n3)CC2)cc1. The number of benzene rings is 1. The summed E-state index contributed by atoms with van der Waals surface area (Å²) in [6.45, 7) is 4.85. The third-order valence-electron chi connectivity index (χ3n) is 5.17. The first-order chi connectivity index (χ1) is 13.2. The van der Waals surface area contributed by atoms with Crippen LogP contribution in [0.2, 0.25) is 0 Å². The van der Waals surface area contributed by atoms with Crippen molar-refractivity contribution in [2.24, 2.45) is 0 Å². The predicted octanol–water partition coefficient (Wildman–Crippen LogP) is 1.91. The van der Waals surface area contributed by atoms with Gasteiger partial charge in [-0.2, -0.15) is 10.2 Å². The second-order valence-electron chi connectivity index (χ2n) is 6.88. The highest BCUT2D eigenvalue weighted by molar-refractivity contribution is 5.94. The Morgan fingerprint density at radius 3 is 2.30 bits per heavy atom. The smallest absolute Gasteiger partial charge is 0.253 e. The molecule has 1 aromatic heterocycles. The van der Waals surface area contributed by atoms with Crippen molar-refractivity contribution in [1.82, 2.24) is 14.9 Å². The maximum atomic E-state index is 12.7. The minimum Gasteiger partial charge on any atom is -0.353 e. The van der Waals surface area contributed by atoms with Gasteiger partial charge in [-0.1, -0.05) is 0 Å². The summed E-state index contributed by atoms with van der Waals surface area (Å²) in [4.78, 5) is 28.1. The molecule has 2 aliphatic heterocycles. The van der Waals surface area contributed by atoms with Crippen molar-refractivity contribution in [3.8, 4) is 6.07 Å². The summed E-state index contributed by atoms with van der Waals surface area (Å²) in [6, 6.07) is 10.8. The third kappa shape index (κ3) is 3.70. The van der Waals surface area contributed by atoms with Crippen molar-refractivity contribution >= 4 is 17.7 Å². The number of nitrogens with zero attached hydrogens (tertiary/aromatic N) is 6. The zero-order chi connectivity index (χ0) is 18.6. The molecule has 138 valence electrons. The maximum absolute atomic E-state index is 12.7. The topological polar surface area (TPSA) is 76.4 Å². The molecule has 3 heterocycles. The summed E-state index contributed by atoms with van der Waals surface area (Å²) in [6.07, 6.45) is 4.22. The first kappa shape index (κ1) is 17.3. The van der Waals surface area contributed by atoms with E-state index in [9.17, 15) is 4.79 Å². The van der Waals surface area contributed by atoms with Gasteiger partial charge in [0.05, 0.1) is 11.6 Å². The van der Waals surface area contributed by atoms with E-state index >= 15 is 0 Å². The Morgan fingerprint density at radius 2 is 1.63 bits per heavy atom. The number of nitriles is 1. The molecular formula is C20H22N6O. The summed E-state index contributed by atoms with van der Waals surface area (Å²) in [5.41, 5.74) is 1.19. The Morgan fingerprint density at radius 1 is 0.926 bits per heavy atom. The molecule has 2 fully saturated rings. The fourth-order valence-electron chi connectivity index (χ4n) is 3.59. The molecule has 2 aliphatic rings. The molecule has 0 N–H and O–H groups in total. The van der Waals surface area contributed by atoms with E-state index in [4.69, 9.17) is 10.2 Å². The number of amides is 1. The van der Waals surface area contributed by atoms with Crippen molar-refractivity contribution in [3.05, 3.63) is 47.7 Å². The number of hydrogen-bond donors (Lipinski definition) is 0. The summed E-state index contributed by atoms with van der Waals surface area (Å²) in [5.74, 6) is 1.75. The average molecular weight is 362 g/mol. The summed E-state index contributed by atoms with van der Waals surface area (Å²) >= 11 is 0. The first-order valence-corrected chi connectivity index (χ1v) is 9.37. The van der Waals surface area contributed by atoms with E-state index in [0.29, 0.717) is 24.2 Å². The Balaban J connectivity index is 1.39. The molecule has 4 rings (SSSR count). The number of piperazine rings is 1. The van der Waals surface area contributed by atoms with Crippen LogP contribution >= 0.6 is 0 Å². The zero-order valence-electron chi connectivity index (χ0n) is 15.2. The van der Waals surface area contributed by atoms with E-state index in [1.54, 1.807) is 24.3 Å². The van der Waals surface area contributed by atoms with Crippen LogP contribution in [0.5, 0.6) is 0 Å². The van der Waals surface area contributed by atoms with Crippen molar-refractivity contribution in [2.45, 2.75) is 12.8 Å². The molecule has 0 unspecified atom stereocenters. The number of carbonyl (C=O) groups is 1. The minimum atomic E-state index is 0.0135. The van der Waals surface area contributed by atoms with Crippen LogP contribution in [0.15, 0.2) is 36.5 Å². The quantitative estimate of drug-likeness (QED) is 0.830. The number of aromatic nitrogens is 2. The van der Waals surface area contributed by atoms with Gasteiger partial charge in [-0.15, -0.1) is 0 Å². The van der Waals surface area contributed by atoms with Crippen molar-refractivity contribution in [1.29, 1.82) is 5.26 Å². The van der Waals surface area contributed by atoms with Gasteiger partial charge < -0.3 is 14.7 Å². The van der Waals surface area contributed by atoms with Crippen LogP contribution in [0.1, 0.15) is 28.8 Å². The molecule has 0 saturated carbocycles. The molecule has 7 heteroatoms. The molecule has 27 heavy (non-hydrogen) atoms. The normalized spacial score (nSPS) is 17.1. The van der Waals surface area contributed by atoms with E-state index in [1.165, 1.54) is 12.8 Å². The van der Waals surface area contributed by atoms with Gasteiger partial charge in [-0.05, 0) is 43.2 Å². The van der Waals surface area contributed by atoms with Crippen molar-refractivity contribution < 1.29 is 4.79 Å². The molecule has 0 aliphatic carbocycles. The van der Waals surface area contributed by atoms with Gasteiger partial charge in [0.1, 0.15) is 5.82 Å². The lowest BCUT2D eigenvalue weighted by atomic mass is 10.1. The van der Waals surface area contributed by atoms with E-state index in [-0.39, 0.29) is 5.91 Å². The van der Waals surface area contributed by atoms with Crippen molar-refractivity contribution in [2.75, 3.05) is 49.1 Å². The molecule has 1 aromatic carbocycles. The van der Waals surface area contributed by atoms with Gasteiger partial charge in [-0.3, -0.25) is 4.79 Å². The Kier molecular flexibility index (Phi) is 4.88. The fraction of sp³-hybridized carbons (Fsp3) is 0.400. The van der Waals surface area contributed by atoms with Gasteiger partial charge in [-0.25, -0.2) is 4.98 Å². The first-order valence-electron chi connectivity index (χ1n) is 9.37. The third-order valence-corrected chi connectivity index (χ3v) is 5.17. The van der Waals surface area contributed by atoms with Crippen LogP contribution in [0.25, 0.3) is 0 Å². The minimum absolute atomic E-state index is 0.0135. The predicted molar refractivity (Wildman–Crippen MR) is 103 cm³/mol. The van der Waals surface area contributed by atoms with Crippen LogP contribution in [0.3, 0.4) is 0 Å². The fourth-order valence-corrected chi connectivity index (χ4v) is 3.59. The molecular weight excluding hydrogens is 340 g/mol. The summed E-state index contributed by atoms with van der Waals surface area (Å²) in [5, 5.41) is 8.88. The van der Waals surface area contributed by atoms with E-state index in [1.807, 2.05) is 17.2 Å². The van der Waals surface area contributed by atoms with Crippen LogP contribution in [0, 0.1) is 11.3 Å². The Labute approximate surface area is 158 Å². The lowest BCUT2D eigenvalue weighted by Gasteiger charge is -2.35. The molecule has 0 atom stereocenters. The lowest BCUT2D eigenvalue weighted by molar-refractivity contribution is 0.0746. The average Bonchev–Trinajstić information content (AvgIpc) is 3.29. The number of anilines is 2. The highest BCUT2D eigenvalue weighted by Gasteiger charge is 2.24. The molecule has 2 saturated heterocycles. The van der Waals surface area contributed by atoms with Gasteiger partial charge in [0.25, 0.3) is 5.91 Å². The number of rotatable bonds is 3. The van der Waals surface area contributed by atoms with E-state index < -0.39 is 0 Å². The van der Waals surface area contributed by atoms with Gasteiger partial charge in [0, 0.05) is 51.0 Å². The van der Waals surface area contributed by atoms with Crippen molar-refractivity contribution in [3.63, 3.8) is 0 Å². The highest BCUT2D eigenvalue weighted by Crippen LogP contribution is 2.20. The Bertz CT molecular complexity index is 846. The maximum Gasteiger partial charge on any atom is 0.253 e. The van der Waals surface area contributed by atoms with Gasteiger partial charge >= 0.3 is 0 Å². The molecule has 7 nitrogen and oxygen atoms in total. The highest BCUT2D eigenvalue weighted by atomic mass is 16.2. The molecule has 2 aromatic rings. The lowest BCUT2D eigenvalue weighted by Crippen LogP contribution is -2.49. The molecule has 0 radical (unpaired) electrons. The van der Waals surface area contributed by atoms with E-state index in [0.717, 1.165) is 37.9 Å². The second-order valence-corrected chi connectivity index (χ2v) is 6.88. The Hall–Kier alpha value is -3.14. The standard InChI is InChI=1S/C20H22N6O/c21-15-16-3-5-17(6-4-16)19(27)25-13-11-24(12-14-25)18-7-8-22-20(23-18)26-9-1-2-10-26/h3-8H,1-2,9-14H2. The largest absolute Gasteiger partial charge is 0.353 e. The molecule has 0 spiro atoms. The summed E-state index contributed by atoms with van der Waals surface area (Å²) in [7, 11) is 0. The van der Waals surface area contributed by atoms with Crippen LogP contribution in [0.4, 0.5) is 11.8 Å².